The summed E-state index contributed by atoms with van der Waals surface area (Å²) in [7, 11) is 0. The van der Waals surface area contributed by atoms with Crippen LogP contribution >= 0.6 is 0 Å². The molecule has 146 valence electrons. The Morgan fingerprint density at radius 2 is 1.62 bits per heavy atom. The number of allylic oxidation sites excluding steroid dienone is 2. The second-order valence-corrected chi connectivity index (χ2v) is 8.00. The number of carbonyl (C=O) groups is 2. The molecule has 29 heavy (non-hydrogen) atoms. The number of hydrogen-bond acceptors (Lipinski definition) is 5. The number of benzene rings is 2. The number of hydrogen-bond donors (Lipinski definition) is 1. The Hall–Kier alpha value is -3.54. The molecule has 1 N–H and O–H groups in total. The predicted octanol–water partition coefficient (Wildman–Crippen LogP) is 4.18. The first-order chi connectivity index (χ1) is 13.9. The molecule has 1 aromatic heterocycles. The van der Waals surface area contributed by atoms with E-state index in [0.717, 1.165) is 11.4 Å². The first kappa shape index (κ1) is 18.8. The summed E-state index contributed by atoms with van der Waals surface area (Å²) in [6, 6.07) is 18.4. The average molecular weight is 386 g/mol. The standard InChI is InChI=1S/C23H22N4O2/c1-23(2)14-17(13-19(28)15-23)24-22-20(21(29)16-9-5-3-6-10-16)25-27(26-22)18-11-7-4-8-12-18/h3-13H,14-15H2,1-2H3,(H,24,26). The lowest BCUT2D eigenvalue weighted by atomic mass is 9.79. The van der Waals surface area contributed by atoms with Gasteiger partial charge in [0.05, 0.1) is 5.69 Å². The van der Waals surface area contributed by atoms with Crippen LogP contribution in [-0.4, -0.2) is 26.6 Å². The summed E-state index contributed by atoms with van der Waals surface area (Å²) < 4.78 is 0. The van der Waals surface area contributed by atoms with Gasteiger partial charge in [0, 0.05) is 23.8 Å². The molecule has 4 rings (SSSR count). The minimum absolute atomic E-state index is 0.0649. The minimum atomic E-state index is -0.225. The molecule has 0 aliphatic heterocycles. The molecule has 0 saturated carbocycles. The molecule has 2 aromatic carbocycles. The lowest BCUT2D eigenvalue weighted by molar-refractivity contribution is -0.117. The van der Waals surface area contributed by atoms with Gasteiger partial charge in [-0.15, -0.1) is 15.0 Å². The lowest BCUT2D eigenvalue weighted by Gasteiger charge is -2.28. The normalized spacial score (nSPS) is 15.7. The van der Waals surface area contributed by atoms with Crippen molar-refractivity contribution in [2.24, 2.45) is 5.41 Å². The largest absolute Gasteiger partial charge is 0.340 e. The van der Waals surface area contributed by atoms with Crippen LogP contribution in [0.1, 0.15) is 42.7 Å². The van der Waals surface area contributed by atoms with E-state index in [2.05, 4.69) is 29.4 Å². The summed E-state index contributed by atoms with van der Waals surface area (Å²) in [5.41, 5.74) is 2.10. The zero-order valence-electron chi connectivity index (χ0n) is 16.4. The third-order valence-electron chi connectivity index (χ3n) is 4.79. The van der Waals surface area contributed by atoms with Gasteiger partial charge in [0.2, 0.25) is 5.78 Å². The fourth-order valence-electron chi connectivity index (χ4n) is 3.53. The highest BCUT2D eigenvalue weighted by molar-refractivity contribution is 6.10. The van der Waals surface area contributed by atoms with Crippen molar-refractivity contribution in [2.45, 2.75) is 26.7 Å². The van der Waals surface area contributed by atoms with Gasteiger partial charge in [0.1, 0.15) is 0 Å². The second-order valence-electron chi connectivity index (χ2n) is 8.00. The van der Waals surface area contributed by atoms with E-state index in [1.54, 1.807) is 18.2 Å². The molecule has 1 heterocycles. The number of aromatic nitrogens is 3. The van der Waals surface area contributed by atoms with E-state index >= 15 is 0 Å². The number of nitrogens with one attached hydrogen (secondary N) is 1. The monoisotopic (exact) mass is 386 g/mol. The van der Waals surface area contributed by atoms with Crippen molar-refractivity contribution >= 4 is 17.4 Å². The summed E-state index contributed by atoms with van der Waals surface area (Å²) in [4.78, 5) is 26.7. The number of carbonyl (C=O) groups excluding carboxylic acids is 2. The Bertz CT molecular complexity index is 1080. The smallest absolute Gasteiger partial charge is 0.217 e. The van der Waals surface area contributed by atoms with Crippen LogP contribution in [0, 0.1) is 5.41 Å². The highest BCUT2D eigenvalue weighted by Gasteiger charge is 2.29. The highest BCUT2D eigenvalue weighted by atomic mass is 16.1. The summed E-state index contributed by atoms with van der Waals surface area (Å²) in [6.45, 7) is 4.10. The fourth-order valence-corrected chi connectivity index (χ4v) is 3.53. The molecule has 0 radical (unpaired) electrons. The molecule has 0 bridgehead atoms. The van der Waals surface area contributed by atoms with Crippen LogP contribution in [0.15, 0.2) is 72.4 Å². The van der Waals surface area contributed by atoms with Gasteiger partial charge in [-0.05, 0) is 24.0 Å². The van der Waals surface area contributed by atoms with Gasteiger partial charge in [-0.2, -0.15) is 0 Å². The maximum atomic E-state index is 13.1. The molecule has 6 nitrogen and oxygen atoms in total. The molecule has 3 aromatic rings. The Kier molecular flexibility index (Phi) is 4.84. The van der Waals surface area contributed by atoms with Gasteiger partial charge in [-0.3, -0.25) is 9.59 Å². The molecule has 1 aliphatic rings. The predicted molar refractivity (Wildman–Crippen MR) is 111 cm³/mol. The van der Waals surface area contributed by atoms with Crippen LogP contribution in [0.2, 0.25) is 0 Å². The molecular formula is C23H22N4O2. The summed E-state index contributed by atoms with van der Waals surface area (Å²) in [5, 5.41) is 12.2. The van der Waals surface area contributed by atoms with E-state index in [-0.39, 0.29) is 22.7 Å². The Balaban J connectivity index is 1.74. The average Bonchev–Trinajstić information content (AvgIpc) is 3.11. The Morgan fingerprint density at radius 3 is 2.28 bits per heavy atom. The number of ketones is 2. The van der Waals surface area contributed by atoms with Gasteiger partial charge >= 0.3 is 0 Å². The van der Waals surface area contributed by atoms with Crippen LogP contribution in [0.25, 0.3) is 5.69 Å². The van der Waals surface area contributed by atoms with Gasteiger partial charge in [0.15, 0.2) is 17.3 Å². The number of anilines is 1. The van der Waals surface area contributed by atoms with Crippen molar-refractivity contribution in [3.05, 3.63) is 83.7 Å². The molecule has 0 atom stereocenters. The van der Waals surface area contributed by atoms with E-state index in [1.807, 2.05) is 48.5 Å². The van der Waals surface area contributed by atoms with Gasteiger partial charge < -0.3 is 5.32 Å². The molecular weight excluding hydrogens is 364 g/mol. The van der Waals surface area contributed by atoms with Crippen LogP contribution in [-0.2, 0) is 4.79 Å². The minimum Gasteiger partial charge on any atom is -0.340 e. The molecule has 0 fully saturated rings. The van der Waals surface area contributed by atoms with E-state index in [9.17, 15) is 9.59 Å². The van der Waals surface area contributed by atoms with Gasteiger partial charge in [0.25, 0.3) is 0 Å². The Morgan fingerprint density at radius 1 is 0.966 bits per heavy atom. The van der Waals surface area contributed by atoms with E-state index in [1.165, 1.54) is 4.80 Å². The first-order valence-corrected chi connectivity index (χ1v) is 9.54. The maximum Gasteiger partial charge on any atom is 0.217 e. The topological polar surface area (TPSA) is 76.9 Å². The molecule has 0 spiro atoms. The zero-order valence-corrected chi connectivity index (χ0v) is 16.4. The van der Waals surface area contributed by atoms with Crippen molar-refractivity contribution in [3.63, 3.8) is 0 Å². The van der Waals surface area contributed by atoms with E-state index < -0.39 is 0 Å². The molecule has 0 saturated heterocycles. The van der Waals surface area contributed by atoms with Crippen molar-refractivity contribution in [1.29, 1.82) is 0 Å². The SMILES string of the molecule is CC1(C)CC(=O)C=C(Nc2nn(-c3ccccc3)nc2C(=O)c2ccccc2)C1. The molecule has 0 amide bonds. The number of nitrogens with zero attached hydrogens (tertiary/aromatic N) is 3. The van der Waals surface area contributed by atoms with Crippen molar-refractivity contribution in [1.82, 2.24) is 15.0 Å². The fraction of sp³-hybridized carbons (Fsp3) is 0.217. The van der Waals surface area contributed by atoms with Crippen molar-refractivity contribution < 1.29 is 9.59 Å². The van der Waals surface area contributed by atoms with Crippen LogP contribution in [0.5, 0.6) is 0 Å². The van der Waals surface area contributed by atoms with Gasteiger partial charge in [-0.25, -0.2) is 0 Å². The third kappa shape index (κ3) is 4.16. The van der Waals surface area contributed by atoms with Crippen LogP contribution < -0.4 is 5.32 Å². The van der Waals surface area contributed by atoms with Crippen LogP contribution in [0.4, 0.5) is 5.82 Å². The van der Waals surface area contributed by atoms with Crippen LogP contribution in [0.3, 0.4) is 0 Å². The van der Waals surface area contributed by atoms with Crippen molar-refractivity contribution in [3.8, 4) is 5.69 Å². The first-order valence-electron chi connectivity index (χ1n) is 9.54. The summed E-state index contributed by atoms with van der Waals surface area (Å²) in [5.74, 6) is 0.187. The van der Waals surface area contributed by atoms with Crippen molar-refractivity contribution in [2.75, 3.05) is 5.32 Å². The maximum absolute atomic E-state index is 13.1. The Labute approximate surface area is 169 Å². The number of rotatable bonds is 5. The third-order valence-corrected chi connectivity index (χ3v) is 4.79. The van der Waals surface area contributed by atoms with Gasteiger partial charge in [-0.1, -0.05) is 62.4 Å². The zero-order chi connectivity index (χ0) is 20.4. The quantitative estimate of drug-likeness (QED) is 0.666. The lowest BCUT2D eigenvalue weighted by Crippen LogP contribution is -2.24. The highest BCUT2D eigenvalue weighted by Crippen LogP contribution is 2.34. The number of para-hydroxylation sites is 1. The molecule has 6 heteroatoms. The molecule has 0 unspecified atom stereocenters. The summed E-state index contributed by atoms with van der Waals surface area (Å²) >= 11 is 0. The molecule has 1 aliphatic carbocycles. The second kappa shape index (κ2) is 7.47. The van der Waals surface area contributed by atoms with E-state index in [4.69, 9.17) is 0 Å². The summed E-state index contributed by atoms with van der Waals surface area (Å²) in [6.07, 6.45) is 2.80. The van der Waals surface area contributed by atoms with E-state index in [0.29, 0.717) is 24.2 Å².